The summed E-state index contributed by atoms with van der Waals surface area (Å²) in [6.07, 6.45) is 8.93. The van der Waals surface area contributed by atoms with Crippen molar-refractivity contribution < 1.29 is 0 Å². The zero-order valence-electron chi connectivity index (χ0n) is 9.82. The molecule has 0 heterocycles. The van der Waals surface area contributed by atoms with E-state index in [1.165, 1.54) is 38.5 Å². The van der Waals surface area contributed by atoms with Crippen LogP contribution in [0.2, 0.25) is 0 Å². The minimum Gasteiger partial charge on any atom is -0.0776 e. The van der Waals surface area contributed by atoms with Gasteiger partial charge in [0.2, 0.25) is 0 Å². The van der Waals surface area contributed by atoms with E-state index >= 15 is 0 Å². The van der Waals surface area contributed by atoms with Gasteiger partial charge in [0.1, 0.15) is 0 Å². The fraction of sp³-hybridized carbons (Fsp3) is 1.00. The third kappa shape index (κ3) is 20.2. The molecular formula is C15H40. The van der Waals surface area contributed by atoms with Crippen LogP contribution in [0.5, 0.6) is 0 Å². The predicted molar refractivity (Wildman–Crippen MR) is 79.8 cm³/mol. The fourth-order valence-corrected chi connectivity index (χ4v) is 1.60. The molecule has 0 unspecified atom stereocenters. The average molecular weight is 220 g/mol. The van der Waals surface area contributed by atoms with Crippen molar-refractivity contribution in [2.45, 2.75) is 95.4 Å². The van der Waals surface area contributed by atoms with Gasteiger partial charge in [-0.25, -0.2) is 0 Å². The number of hydrogen-bond donors (Lipinski definition) is 0. The summed E-state index contributed by atoms with van der Waals surface area (Å²) < 4.78 is 0. The van der Waals surface area contributed by atoms with Gasteiger partial charge in [-0.05, 0) is 5.92 Å². The molecule has 0 aromatic carbocycles. The molecule has 1 rings (SSSR count). The molecule has 100 valence electrons. The fourth-order valence-electron chi connectivity index (χ4n) is 1.60. The largest absolute Gasteiger partial charge is 0.0776 e. The minimum atomic E-state index is 0. The van der Waals surface area contributed by atoms with Crippen molar-refractivity contribution in [3.63, 3.8) is 0 Å². The Hall–Kier alpha value is 0. The van der Waals surface area contributed by atoms with Gasteiger partial charge in [-0.15, -0.1) is 0 Å². The Morgan fingerprint density at radius 1 is 0.733 bits per heavy atom. The van der Waals surface area contributed by atoms with E-state index in [4.69, 9.17) is 0 Å². The summed E-state index contributed by atoms with van der Waals surface area (Å²) in [5, 5.41) is 0. The van der Waals surface area contributed by atoms with Crippen LogP contribution in [0.25, 0.3) is 0 Å². The third-order valence-electron chi connectivity index (χ3n) is 2.30. The van der Waals surface area contributed by atoms with Gasteiger partial charge in [0.15, 0.2) is 0 Å². The molecule has 0 heteroatoms. The van der Waals surface area contributed by atoms with E-state index in [0.29, 0.717) is 0 Å². The predicted octanol–water partition coefficient (Wildman–Crippen LogP) is 6.94. The molecule has 0 amide bonds. The van der Waals surface area contributed by atoms with Crippen LogP contribution in [-0.4, -0.2) is 0 Å². The summed E-state index contributed by atoms with van der Waals surface area (Å²) in [7, 11) is 0. The topological polar surface area (TPSA) is 0 Å². The van der Waals surface area contributed by atoms with E-state index in [2.05, 4.69) is 6.92 Å². The molecule has 0 bridgehead atoms. The monoisotopic (exact) mass is 220 g/mol. The summed E-state index contributed by atoms with van der Waals surface area (Å²) in [6.45, 7) is 10.3. The first-order valence-electron chi connectivity index (χ1n) is 5.93. The van der Waals surface area contributed by atoms with E-state index in [9.17, 15) is 0 Å². The molecule has 0 aromatic heterocycles. The Balaban J connectivity index is -0.0000000432. The smallest absolute Gasteiger partial charge is 0.0417 e. The van der Waals surface area contributed by atoms with Crippen LogP contribution in [0.4, 0.5) is 0 Å². The van der Waals surface area contributed by atoms with Crippen LogP contribution in [0.1, 0.15) is 95.4 Å². The maximum atomic E-state index is 2.32. The Kier molecular flexibility index (Phi) is 57.3. The molecule has 0 aromatic rings. The van der Waals surface area contributed by atoms with Crippen molar-refractivity contribution in [1.82, 2.24) is 0 Å². The third-order valence-corrected chi connectivity index (χ3v) is 2.30. The second-order valence-electron chi connectivity index (χ2n) is 2.91. The lowest BCUT2D eigenvalue weighted by molar-refractivity contribution is 0.349. The number of hydrogen-bond acceptors (Lipinski definition) is 0. The Morgan fingerprint density at radius 3 is 1.27 bits per heavy atom. The van der Waals surface area contributed by atoms with Gasteiger partial charge in [-0.2, -0.15) is 0 Å². The highest BCUT2D eigenvalue weighted by Crippen LogP contribution is 2.25. The molecule has 1 fully saturated rings. The van der Waals surface area contributed by atoms with Gasteiger partial charge in [-0.1, -0.05) is 95.4 Å². The van der Waals surface area contributed by atoms with Gasteiger partial charge in [0.05, 0.1) is 0 Å². The highest BCUT2D eigenvalue weighted by Gasteiger charge is 2.09. The van der Waals surface area contributed by atoms with E-state index in [1.807, 2.05) is 27.7 Å². The molecular weight excluding hydrogens is 180 g/mol. The van der Waals surface area contributed by atoms with E-state index < -0.39 is 0 Å². The van der Waals surface area contributed by atoms with Crippen LogP contribution < -0.4 is 0 Å². The van der Waals surface area contributed by atoms with Gasteiger partial charge in [0, 0.05) is 0 Å². The first kappa shape index (κ1) is 29.4. The molecule has 15 heavy (non-hydrogen) atoms. The number of rotatable bonds is 1. The average Bonchev–Trinajstić information content (AvgIpc) is 2.25. The highest BCUT2D eigenvalue weighted by molar-refractivity contribution is 4.63. The normalized spacial score (nSPS) is 13.4. The zero-order valence-corrected chi connectivity index (χ0v) is 9.82. The van der Waals surface area contributed by atoms with Crippen LogP contribution in [0.3, 0.4) is 0 Å². The molecule has 0 radical (unpaired) electrons. The molecule has 0 spiro atoms. The van der Waals surface area contributed by atoms with E-state index in [-0.39, 0.29) is 22.3 Å². The molecule has 0 aliphatic heterocycles. The lowest BCUT2D eigenvalue weighted by Gasteiger charge is -2.18. The SMILES string of the molecule is C.C.C.CC.CC.CCC1CCCCC1. The summed E-state index contributed by atoms with van der Waals surface area (Å²) in [4.78, 5) is 0. The molecule has 1 saturated carbocycles. The van der Waals surface area contributed by atoms with Crippen molar-refractivity contribution in [2.75, 3.05) is 0 Å². The van der Waals surface area contributed by atoms with E-state index in [1.54, 1.807) is 0 Å². The van der Waals surface area contributed by atoms with Gasteiger partial charge < -0.3 is 0 Å². The molecule has 0 atom stereocenters. The molecule has 1 aliphatic carbocycles. The van der Waals surface area contributed by atoms with Gasteiger partial charge >= 0.3 is 0 Å². The second-order valence-corrected chi connectivity index (χ2v) is 2.91. The quantitative estimate of drug-likeness (QED) is 0.449. The molecule has 0 nitrogen and oxygen atoms in total. The highest BCUT2D eigenvalue weighted by atomic mass is 14.2. The summed E-state index contributed by atoms with van der Waals surface area (Å²) in [6, 6.07) is 0. The van der Waals surface area contributed by atoms with Crippen molar-refractivity contribution >= 4 is 0 Å². The van der Waals surface area contributed by atoms with E-state index in [0.717, 1.165) is 5.92 Å². The summed E-state index contributed by atoms with van der Waals surface area (Å²) in [5.41, 5.74) is 0. The first-order valence-corrected chi connectivity index (χ1v) is 5.93. The minimum absolute atomic E-state index is 0. The van der Waals surface area contributed by atoms with Crippen LogP contribution in [0.15, 0.2) is 0 Å². The van der Waals surface area contributed by atoms with Crippen LogP contribution in [0, 0.1) is 5.92 Å². The van der Waals surface area contributed by atoms with Crippen molar-refractivity contribution in [3.05, 3.63) is 0 Å². The Labute approximate surface area is 102 Å². The van der Waals surface area contributed by atoms with Crippen LogP contribution in [-0.2, 0) is 0 Å². The Morgan fingerprint density at radius 2 is 1.07 bits per heavy atom. The summed E-state index contributed by atoms with van der Waals surface area (Å²) >= 11 is 0. The summed E-state index contributed by atoms with van der Waals surface area (Å²) in [5.74, 6) is 1.09. The van der Waals surface area contributed by atoms with Crippen molar-refractivity contribution in [1.29, 1.82) is 0 Å². The van der Waals surface area contributed by atoms with Crippen molar-refractivity contribution in [3.8, 4) is 0 Å². The lowest BCUT2D eigenvalue weighted by Crippen LogP contribution is -2.03. The Bertz CT molecular complexity index is 51.1. The zero-order chi connectivity index (χ0) is 9.82. The molecule has 0 N–H and O–H groups in total. The van der Waals surface area contributed by atoms with Gasteiger partial charge in [0.25, 0.3) is 0 Å². The van der Waals surface area contributed by atoms with Gasteiger partial charge in [-0.3, -0.25) is 0 Å². The maximum Gasteiger partial charge on any atom is -0.0417 e. The standard InChI is InChI=1S/C8H16.2C2H6.3CH4/c1-2-8-6-4-3-5-7-8;2*1-2;;;/h8H,2-7H2,1H3;2*1-2H3;3*1H4. The maximum absolute atomic E-state index is 2.32. The molecule has 1 aliphatic rings. The molecule has 0 saturated heterocycles. The van der Waals surface area contributed by atoms with Crippen molar-refractivity contribution in [2.24, 2.45) is 5.92 Å². The second kappa shape index (κ2) is 29.2. The van der Waals surface area contributed by atoms with Crippen LogP contribution >= 0.6 is 0 Å². The lowest BCUT2D eigenvalue weighted by atomic mass is 9.88. The first-order chi connectivity index (χ1) is 5.93.